The largest absolute Gasteiger partial charge is 0.494 e. The number of rotatable bonds is 4. The Hall–Kier alpha value is -2.51. The number of methoxy groups -OCH3 is 1. The van der Waals surface area contributed by atoms with E-state index in [2.05, 4.69) is 0 Å². The first-order valence-corrected chi connectivity index (χ1v) is 11.2. The highest BCUT2D eigenvalue weighted by molar-refractivity contribution is 7.89. The molecule has 0 unspecified atom stereocenters. The van der Waals surface area contributed by atoms with E-state index in [0.717, 1.165) is 22.4 Å². The van der Waals surface area contributed by atoms with Crippen molar-refractivity contribution >= 4 is 44.6 Å². The van der Waals surface area contributed by atoms with E-state index in [1.165, 1.54) is 19.2 Å². The van der Waals surface area contributed by atoms with Gasteiger partial charge >= 0.3 is 0 Å². The molecule has 3 aromatic rings. The highest BCUT2D eigenvalue weighted by Crippen LogP contribution is 2.42. The molecular formula is C22H17Cl2NO4S. The molecule has 30 heavy (non-hydrogen) atoms. The van der Waals surface area contributed by atoms with Crippen LogP contribution < -0.4 is 14.6 Å². The zero-order valence-corrected chi connectivity index (χ0v) is 18.2. The molecule has 0 amide bonds. The molecule has 8 heteroatoms. The molecule has 5 nitrogen and oxygen atoms in total. The molecule has 4 rings (SSSR count). The van der Waals surface area contributed by atoms with Gasteiger partial charge in [-0.1, -0.05) is 41.4 Å². The third kappa shape index (κ3) is 3.91. The van der Waals surface area contributed by atoms with Crippen molar-refractivity contribution in [2.45, 2.75) is 11.3 Å². The first-order chi connectivity index (χ1) is 14.3. The Morgan fingerprint density at radius 1 is 0.967 bits per heavy atom. The van der Waals surface area contributed by atoms with Crippen LogP contribution in [0.15, 0.2) is 65.6 Å². The average Bonchev–Trinajstić information content (AvgIpc) is 2.72. The molecule has 1 heterocycles. The Kier molecular flexibility index (Phi) is 5.51. The molecule has 0 saturated carbocycles. The first kappa shape index (κ1) is 20.8. The summed E-state index contributed by atoms with van der Waals surface area (Å²) in [5.74, 6) is 1.73. The standard InChI is InChI=1S/C22H17Cl2NO4S/c1-28-22-18(23)11-15(12-19(22)24)17-10-14-4-2-3-5-20(14)29-21(17)13-6-8-16(9-7-13)30(25,26)27/h2-9,11-12H,10H2,1H3,(H2,25,26,27). The van der Waals surface area contributed by atoms with Gasteiger partial charge in [0.2, 0.25) is 10.0 Å². The van der Waals surface area contributed by atoms with Crippen molar-refractivity contribution in [3.63, 3.8) is 0 Å². The Labute approximate surface area is 184 Å². The number of primary sulfonamides is 1. The summed E-state index contributed by atoms with van der Waals surface area (Å²) in [5, 5.41) is 5.98. The van der Waals surface area contributed by atoms with E-state index < -0.39 is 10.0 Å². The van der Waals surface area contributed by atoms with E-state index >= 15 is 0 Å². The van der Waals surface area contributed by atoms with E-state index in [-0.39, 0.29) is 4.90 Å². The van der Waals surface area contributed by atoms with Crippen molar-refractivity contribution in [1.29, 1.82) is 0 Å². The van der Waals surface area contributed by atoms with Crippen LogP contribution in [-0.2, 0) is 16.4 Å². The van der Waals surface area contributed by atoms with Gasteiger partial charge in [0.15, 0.2) is 5.75 Å². The lowest BCUT2D eigenvalue weighted by atomic mass is 9.92. The van der Waals surface area contributed by atoms with Crippen LogP contribution in [-0.4, -0.2) is 15.5 Å². The van der Waals surface area contributed by atoms with Crippen molar-refractivity contribution in [3.8, 4) is 11.5 Å². The van der Waals surface area contributed by atoms with Crippen molar-refractivity contribution < 1.29 is 17.9 Å². The first-order valence-electron chi connectivity index (χ1n) is 8.93. The van der Waals surface area contributed by atoms with Crippen molar-refractivity contribution in [2.75, 3.05) is 7.11 Å². The SMILES string of the molecule is COc1c(Cl)cc(C2=C(c3ccc(S(N)(=O)=O)cc3)Oc3ccccc3C2)cc1Cl. The number of para-hydroxylation sites is 1. The highest BCUT2D eigenvalue weighted by atomic mass is 35.5. The van der Waals surface area contributed by atoms with Crippen LogP contribution >= 0.6 is 23.2 Å². The Morgan fingerprint density at radius 3 is 2.20 bits per heavy atom. The summed E-state index contributed by atoms with van der Waals surface area (Å²) in [6.07, 6.45) is 0.585. The van der Waals surface area contributed by atoms with Gasteiger partial charge in [-0.05, 0) is 53.6 Å². The van der Waals surface area contributed by atoms with E-state index in [1.54, 1.807) is 24.3 Å². The fraction of sp³-hybridized carbons (Fsp3) is 0.0909. The quantitative estimate of drug-likeness (QED) is 0.582. The second kappa shape index (κ2) is 7.96. The number of allylic oxidation sites excluding steroid dienone is 1. The van der Waals surface area contributed by atoms with Gasteiger partial charge in [0.05, 0.1) is 22.1 Å². The summed E-state index contributed by atoms with van der Waals surface area (Å²) < 4.78 is 34.7. The van der Waals surface area contributed by atoms with Gasteiger partial charge in [-0.3, -0.25) is 0 Å². The maximum atomic E-state index is 11.6. The van der Waals surface area contributed by atoms with Gasteiger partial charge in [0.1, 0.15) is 11.5 Å². The molecule has 3 aromatic carbocycles. The monoisotopic (exact) mass is 461 g/mol. The second-order valence-corrected chi connectivity index (χ2v) is 9.11. The third-order valence-corrected chi connectivity index (χ3v) is 6.31. The molecule has 0 saturated heterocycles. The smallest absolute Gasteiger partial charge is 0.238 e. The van der Waals surface area contributed by atoms with Crippen molar-refractivity contribution in [1.82, 2.24) is 0 Å². The van der Waals surface area contributed by atoms with Crippen LogP contribution in [0.5, 0.6) is 11.5 Å². The van der Waals surface area contributed by atoms with E-state index in [9.17, 15) is 8.42 Å². The summed E-state index contributed by atoms with van der Waals surface area (Å²) in [6.45, 7) is 0. The molecule has 0 spiro atoms. The maximum Gasteiger partial charge on any atom is 0.238 e. The lowest BCUT2D eigenvalue weighted by molar-refractivity contribution is 0.415. The van der Waals surface area contributed by atoms with Gasteiger partial charge in [-0.2, -0.15) is 0 Å². The highest BCUT2D eigenvalue weighted by Gasteiger charge is 2.24. The predicted molar refractivity (Wildman–Crippen MR) is 118 cm³/mol. The molecule has 0 radical (unpaired) electrons. The second-order valence-electron chi connectivity index (χ2n) is 6.74. The molecule has 154 valence electrons. The molecule has 1 aliphatic heterocycles. The normalized spacial score (nSPS) is 13.6. The zero-order valence-electron chi connectivity index (χ0n) is 15.9. The van der Waals surface area contributed by atoms with Crippen LogP contribution in [0.4, 0.5) is 0 Å². The van der Waals surface area contributed by atoms with Gasteiger partial charge in [-0.15, -0.1) is 0 Å². The maximum absolute atomic E-state index is 11.6. The number of nitrogens with two attached hydrogens (primary N) is 1. The van der Waals surface area contributed by atoms with E-state index in [0.29, 0.717) is 33.5 Å². The molecule has 0 bridgehead atoms. The minimum atomic E-state index is -3.79. The molecular weight excluding hydrogens is 445 g/mol. The van der Waals surface area contributed by atoms with Crippen LogP contribution in [0.1, 0.15) is 16.7 Å². The van der Waals surface area contributed by atoms with Crippen molar-refractivity contribution in [3.05, 3.63) is 87.4 Å². The number of hydrogen-bond donors (Lipinski definition) is 1. The zero-order chi connectivity index (χ0) is 21.5. The molecule has 0 fully saturated rings. The van der Waals surface area contributed by atoms with Gasteiger partial charge in [0, 0.05) is 17.6 Å². The Morgan fingerprint density at radius 2 is 1.60 bits per heavy atom. The number of fused-ring (bicyclic) bond motifs is 1. The van der Waals surface area contributed by atoms with Gasteiger partial charge in [0.25, 0.3) is 0 Å². The minimum Gasteiger partial charge on any atom is -0.494 e. The van der Waals surface area contributed by atoms with Crippen LogP contribution in [0.2, 0.25) is 10.0 Å². The van der Waals surface area contributed by atoms with Crippen LogP contribution in [0.25, 0.3) is 11.3 Å². The predicted octanol–water partition coefficient (Wildman–Crippen LogP) is 5.15. The van der Waals surface area contributed by atoms with E-state index in [1.807, 2.05) is 24.3 Å². The lowest BCUT2D eigenvalue weighted by Crippen LogP contribution is -2.13. The van der Waals surface area contributed by atoms with E-state index in [4.69, 9.17) is 37.8 Å². The molecule has 2 N–H and O–H groups in total. The number of benzene rings is 3. The summed E-state index contributed by atoms with van der Waals surface area (Å²) in [6, 6.07) is 17.5. The molecule has 0 aromatic heterocycles. The summed E-state index contributed by atoms with van der Waals surface area (Å²) in [5.41, 5.74) is 3.37. The fourth-order valence-electron chi connectivity index (χ4n) is 3.38. The fourth-order valence-corrected chi connectivity index (χ4v) is 4.54. The number of hydrogen-bond acceptors (Lipinski definition) is 4. The van der Waals surface area contributed by atoms with Crippen molar-refractivity contribution in [2.24, 2.45) is 5.14 Å². The number of sulfonamides is 1. The Balaban J connectivity index is 1.89. The van der Waals surface area contributed by atoms with Gasteiger partial charge in [-0.25, -0.2) is 13.6 Å². The molecule has 0 aliphatic carbocycles. The number of halogens is 2. The molecule has 0 atom stereocenters. The Bertz CT molecular complexity index is 1250. The average molecular weight is 462 g/mol. The summed E-state index contributed by atoms with van der Waals surface area (Å²) in [4.78, 5) is 0.0279. The minimum absolute atomic E-state index is 0.0279. The van der Waals surface area contributed by atoms with Crippen LogP contribution in [0, 0.1) is 0 Å². The van der Waals surface area contributed by atoms with Gasteiger partial charge < -0.3 is 9.47 Å². The topological polar surface area (TPSA) is 78.6 Å². The summed E-state index contributed by atoms with van der Waals surface area (Å²) in [7, 11) is -2.28. The van der Waals surface area contributed by atoms with Crippen LogP contribution in [0.3, 0.4) is 0 Å². The third-order valence-electron chi connectivity index (χ3n) is 4.82. The summed E-state index contributed by atoms with van der Waals surface area (Å²) >= 11 is 12.7. The molecule has 1 aliphatic rings. The number of ether oxygens (including phenoxy) is 2. The lowest BCUT2D eigenvalue weighted by Gasteiger charge is -2.25.